The van der Waals surface area contributed by atoms with Crippen molar-refractivity contribution in [3.63, 3.8) is 0 Å². The zero-order valence-electron chi connectivity index (χ0n) is 15.0. The smallest absolute Gasteiger partial charge is 0.293 e. The third-order valence-electron chi connectivity index (χ3n) is 4.68. The summed E-state index contributed by atoms with van der Waals surface area (Å²) in [4.78, 5) is 25.6. The molecule has 1 atom stereocenters. The number of nitriles is 1. The van der Waals surface area contributed by atoms with E-state index in [0.29, 0.717) is 22.9 Å². The maximum Gasteiger partial charge on any atom is 0.293 e. The van der Waals surface area contributed by atoms with Crippen LogP contribution in [-0.4, -0.2) is 23.9 Å². The van der Waals surface area contributed by atoms with Gasteiger partial charge in [0, 0.05) is 30.4 Å². The quantitative estimate of drug-likeness (QED) is 0.654. The lowest BCUT2D eigenvalue weighted by molar-refractivity contribution is -0.384. The number of benzene rings is 2. The van der Waals surface area contributed by atoms with Gasteiger partial charge in [0.25, 0.3) is 11.6 Å². The van der Waals surface area contributed by atoms with Crippen molar-refractivity contribution in [1.29, 1.82) is 5.26 Å². The Kier molecular flexibility index (Phi) is 5.36. The third-order valence-corrected chi connectivity index (χ3v) is 4.68. The number of carbonyl (C=O) groups excluding carboxylic acids is 1. The summed E-state index contributed by atoms with van der Waals surface area (Å²) >= 11 is 0. The number of hydrogen-bond acceptors (Lipinski definition) is 5. The lowest BCUT2D eigenvalue weighted by Crippen LogP contribution is -2.34. The van der Waals surface area contributed by atoms with Crippen LogP contribution in [0.5, 0.6) is 0 Å². The average molecular weight is 364 g/mol. The number of amides is 1. The summed E-state index contributed by atoms with van der Waals surface area (Å²) in [6.07, 6.45) is 2.11. The first-order valence-corrected chi connectivity index (χ1v) is 8.83. The standard InChI is InChI=1S/C20H20N4O3/c1-14-4-3-9-23(13-14)18-8-7-16(11-19(18)24(26)27)20(25)22-17-6-2-5-15(10-17)12-21/h2,5-8,10-11,14H,3-4,9,13H2,1H3,(H,22,25)/t14-/m1/s1. The van der Waals surface area contributed by atoms with Gasteiger partial charge in [-0.2, -0.15) is 5.26 Å². The van der Waals surface area contributed by atoms with E-state index in [9.17, 15) is 14.9 Å². The molecule has 7 heteroatoms. The fourth-order valence-electron chi connectivity index (χ4n) is 3.36. The van der Waals surface area contributed by atoms with Gasteiger partial charge in [0.15, 0.2) is 0 Å². The Balaban J connectivity index is 1.86. The minimum absolute atomic E-state index is 0.0671. The summed E-state index contributed by atoms with van der Waals surface area (Å²) in [5.41, 5.74) is 1.58. The second kappa shape index (κ2) is 7.87. The van der Waals surface area contributed by atoms with Crippen molar-refractivity contribution in [2.24, 2.45) is 5.92 Å². The van der Waals surface area contributed by atoms with Crippen LogP contribution in [0.1, 0.15) is 35.7 Å². The van der Waals surface area contributed by atoms with Crippen molar-refractivity contribution in [2.45, 2.75) is 19.8 Å². The number of nitro benzene ring substituents is 1. The van der Waals surface area contributed by atoms with E-state index in [0.717, 1.165) is 25.9 Å². The summed E-state index contributed by atoms with van der Waals surface area (Å²) in [7, 11) is 0. The molecule has 0 radical (unpaired) electrons. The van der Waals surface area contributed by atoms with Crippen molar-refractivity contribution in [1.82, 2.24) is 0 Å². The molecule has 0 aliphatic carbocycles. The van der Waals surface area contributed by atoms with Crippen LogP contribution in [0.15, 0.2) is 42.5 Å². The van der Waals surface area contributed by atoms with Crippen molar-refractivity contribution in [3.8, 4) is 6.07 Å². The Hall–Kier alpha value is -3.40. The van der Waals surface area contributed by atoms with Gasteiger partial charge in [-0.3, -0.25) is 14.9 Å². The molecule has 1 aliphatic heterocycles. The van der Waals surface area contributed by atoms with Gasteiger partial charge in [-0.05, 0) is 49.1 Å². The molecule has 0 saturated carbocycles. The van der Waals surface area contributed by atoms with Gasteiger partial charge in [-0.15, -0.1) is 0 Å². The summed E-state index contributed by atoms with van der Waals surface area (Å²) in [6, 6.07) is 13.1. The third kappa shape index (κ3) is 4.23. The molecule has 2 aromatic carbocycles. The molecule has 0 aromatic heterocycles. The van der Waals surface area contributed by atoms with E-state index in [1.54, 1.807) is 36.4 Å². The number of anilines is 2. The molecule has 2 aromatic rings. The van der Waals surface area contributed by atoms with Crippen LogP contribution < -0.4 is 10.2 Å². The van der Waals surface area contributed by atoms with Crippen LogP contribution in [0.2, 0.25) is 0 Å². The largest absolute Gasteiger partial charge is 0.366 e. The van der Waals surface area contributed by atoms with Crippen LogP contribution in [0, 0.1) is 27.4 Å². The van der Waals surface area contributed by atoms with E-state index in [1.807, 2.05) is 11.0 Å². The highest BCUT2D eigenvalue weighted by atomic mass is 16.6. The first-order valence-electron chi connectivity index (χ1n) is 8.83. The van der Waals surface area contributed by atoms with E-state index in [-0.39, 0.29) is 11.3 Å². The van der Waals surface area contributed by atoms with Crippen LogP contribution >= 0.6 is 0 Å². The molecule has 0 spiro atoms. The number of piperidine rings is 1. The van der Waals surface area contributed by atoms with E-state index in [1.165, 1.54) is 6.07 Å². The van der Waals surface area contributed by atoms with Gasteiger partial charge in [0.05, 0.1) is 16.6 Å². The normalized spacial score (nSPS) is 16.4. The summed E-state index contributed by atoms with van der Waals surface area (Å²) < 4.78 is 0. The van der Waals surface area contributed by atoms with Gasteiger partial charge in [-0.25, -0.2) is 0 Å². The monoisotopic (exact) mass is 364 g/mol. The molecule has 1 saturated heterocycles. The highest BCUT2D eigenvalue weighted by Gasteiger charge is 2.25. The Bertz CT molecular complexity index is 920. The van der Waals surface area contributed by atoms with Gasteiger partial charge in [0.2, 0.25) is 0 Å². The van der Waals surface area contributed by atoms with Crippen LogP contribution in [0.4, 0.5) is 17.1 Å². The molecule has 7 nitrogen and oxygen atoms in total. The Morgan fingerprint density at radius 2 is 2.15 bits per heavy atom. The van der Waals surface area contributed by atoms with Crippen molar-refractivity contribution < 1.29 is 9.72 Å². The van der Waals surface area contributed by atoms with E-state index >= 15 is 0 Å². The minimum atomic E-state index is -0.452. The van der Waals surface area contributed by atoms with E-state index in [4.69, 9.17) is 5.26 Å². The summed E-state index contributed by atoms with van der Waals surface area (Å²) in [6.45, 7) is 3.68. The molecule has 138 valence electrons. The highest BCUT2D eigenvalue weighted by Crippen LogP contribution is 2.32. The second-order valence-electron chi connectivity index (χ2n) is 6.80. The fraction of sp³-hybridized carbons (Fsp3) is 0.300. The number of carbonyl (C=O) groups is 1. The summed E-state index contributed by atoms with van der Waals surface area (Å²) in [5.74, 6) is 0.0282. The molecule has 1 aliphatic rings. The zero-order chi connectivity index (χ0) is 19.4. The molecule has 1 heterocycles. The lowest BCUT2D eigenvalue weighted by atomic mass is 9.99. The molecule has 1 N–H and O–H groups in total. The van der Waals surface area contributed by atoms with Crippen LogP contribution in [-0.2, 0) is 0 Å². The molecular weight excluding hydrogens is 344 g/mol. The predicted molar refractivity (Wildman–Crippen MR) is 103 cm³/mol. The van der Waals surface area contributed by atoms with Crippen LogP contribution in [0.3, 0.4) is 0 Å². The number of hydrogen-bond donors (Lipinski definition) is 1. The van der Waals surface area contributed by atoms with E-state index in [2.05, 4.69) is 12.2 Å². The van der Waals surface area contributed by atoms with Crippen molar-refractivity contribution >= 4 is 23.0 Å². The predicted octanol–water partition coefficient (Wildman–Crippen LogP) is 3.96. The molecule has 0 unspecified atom stereocenters. The fourth-order valence-corrected chi connectivity index (χ4v) is 3.36. The Morgan fingerprint density at radius 3 is 2.85 bits per heavy atom. The highest BCUT2D eigenvalue weighted by molar-refractivity contribution is 6.05. The minimum Gasteiger partial charge on any atom is -0.366 e. The summed E-state index contributed by atoms with van der Waals surface area (Å²) in [5, 5.41) is 23.2. The van der Waals surface area contributed by atoms with Gasteiger partial charge in [0.1, 0.15) is 5.69 Å². The average Bonchev–Trinajstić information content (AvgIpc) is 2.67. The van der Waals surface area contributed by atoms with Crippen molar-refractivity contribution in [3.05, 3.63) is 63.7 Å². The lowest BCUT2D eigenvalue weighted by Gasteiger charge is -2.32. The molecule has 3 rings (SSSR count). The SMILES string of the molecule is C[C@@H]1CCCN(c2ccc(C(=O)Nc3cccc(C#N)c3)cc2[N+](=O)[O-])C1. The zero-order valence-corrected chi connectivity index (χ0v) is 15.0. The molecule has 1 fully saturated rings. The second-order valence-corrected chi connectivity index (χ2v) is 6.80. The first kappa shape index (κ1) is 18.4. The van der Waals surface area contributed by atoms with Gasteiger partial charge in [-0.1, -0.05) is 13.0 Å². The maximum absolute atomic E-state index is 12.5. The van der Waals surface area contributed by atoms with E-state index < -0.39 is 10.8 Å². The number of rotatable bonds is 4. The Morgan fingerprint density at radius 1 is 1.33 bits per heavy atom. The molecule has 27 heavy (non-hydrogen) atoms. The number of nitro groups is 1. The first-order chi connectivity index (χ1) is 13.0. The van der Waals surface area contributed by atoms with Gasteiger partial charge >= 0.3 is 0 Å². The molecule has 1 amide bonds. The number of nitrogens with zero attached hydrogens (tertiary/aromatic N) is 3. The molecule has 0 bridgehead atoms. The Labute approximate surface area is 157 Å². The van der Waals surface area contributed by atoms with Crippen molar-refractivity contribution in [2.75, 3.05) is 23.3 Å². The van der Waals surface area contributed by atoms with Crippen LogP contribution in [0.25, 0.3) is 0 Å². The van der Waals surface area contributed by atoms with Gasteiger partial charge < -0.3 is 10.2 Å². The topological polar surface area (TPSA) is 99.3 Å². The maximum atomic E-state index is 12.5. The number of nitrogens with one attached hydrogen (secondary N) is 1. The molecular formula is C20H20N4O3.